The van der Waals surface area contributed by atoms with E-state index in [1.165, 1.54) is 24.0 Å². The lowest BCUT2D eigenvalue weighted by Gasteiger charge is -2.17. The average Bonchev–Trinajstić information content (AvgIpc) is 2.99. The molecule has 0 aromatic heterocycles. The molecule has 0 saturated heterocycles. The van der Waals surface area contributed by atoms with Gasteiger partial charge < -0.3 is 10.5 Å². The zero-order chi connectivity index (χ0) is 10.9. The van der Waals surface area contributed by atoms with E-state index in [0.717, 1.165) is 18.7 Å². The summed E-state index contributed by atoms with van der Waals surface area (Å²) in [6, 6.07) is 6.38. The Morgan fingerprint density at radius 3 is 2.60 bits per heavy atom. The molecule has 1 aliphatic rings. The van der Waals surface area contributed by atoms with Gasteiger partial charge in [0, 0.05) is 0 Å². The molecule has 0 spiro atoms. The van der Waals surface area contributed by atoms with Crippen molar-refractivity contribution in [3.63, 3.8) is 0 Å². The normalized spacial score (nSPS) is 17.5. The minimum Gasteiger partial charge on any atom is -0.497 e. The van der Waals surface area contributed by atoms with Crippen LogP contribution in [-0.2, 0) is 5.41 Å². The van der Waals surface area contributed by atoms with Gasteiger partial charge in [0.2, 0.25) is 0 Å². The van der Waals surface area contributed by atoms with Crippen LogP contribution in [0, 0.1) is 6.92 Å². The monoisotopic (exact) mass is 205 g/mol. The number of nitrogens with two attached hydrogens (primary N) is 1. The third-order valence-electron chi connectivity index (χ3n) is 3.48. The fourth-order valence-corrected chi connectivity index (χ4v) is 2.44. The van der Waals surface area contributed by atoms with E-state index in [2.05, 4.69) is 25.1 Å². The Balaban J connectivity index is 2.29. The van der Waals surface area contributed by atoms with Gasteiger partial charge in [-0.1, -0.05) is 6.07 Å². The molecule has 2 N–H and O–H groups in total. The number of aryl methyl sites for hydroxylation is 1. The van der Waals surface area contributed by atoms with Crippen molar-refractivity contribution >= 4 is 0 Å². The molecule has 1 aliphatic carbocycles. The first kappa shape index (κ1) is 10.5. The van der Waals surface area contributed by atoms with Gasteiger partial charge in [0.05, 0.1) is 7.11 Å². The van der Waals surface area contributed by atoms with Crippen LogP contribution in [0.4, 0.5) is 0 Å². The summed E-state index contributed by atoms with van der Waals surface area (Å²) >= 11 is 0. The van der Waals surface area contributed by atoms with Crippen LogP contribution in [0.3, 0.4) is 0 Å². The van der Waals surface area contributed by atoms with Crippen LogP contribution in [-0.4, -0.2) is 13.7 Å². The van der Waals surface area contributed by atoms with Gasteiger partial charge in [0.15, 0.2) is 0 Å². The molecular weight excluding hydrogens is 186 g/mol. The van der Waals surface area contributed by atoms with E-state index in [1.807, 2.05) is 0 Å². The maximum absolute atomic E-state index is 5.67. The molecule has 1 saturated carbocycles. The molecule has 82 valence electrons. The van der Waals surface area contributed by atoms with Gasteiger partial charge in [-0.3, -0.25) is 0 Å². The first-order valence-electron chi connectivity index (χ1n) is 5.57. The molecule has 15 heavy (non-hydrogen) atoms. The summed E-state index contributed by atoms with van der Waals surface area (Å²) in [6.45, 7) is 2.94. The van der Waals surface area contributed by atoms with Gasteiger partial charge in [-0.2, -0.15) is 0 Å². The van der Waals surface area contributed by atoms with Gasteiger partial charge in [-0.25, -0.2) is 0 Å². The summed E-state index contributed by atoms with van der Waals surface area (Å²) < 4.78 is 5.22. The van der Waals surface area contributed by atoms with E-state index in [-0.39, 0.29) is 0 Å². The number of ether oxygens (including phenoxy) is 1. The predicted molar refractivity (Wildman–Crippen MR) is 62.3 cm³/mol. The molecule has 2 rings (SSSR count). The van der Waals surface area contributed by atoms with Crippen molar-refractivity contribution < 1.29 is 4.74 Å². The molecule has 1 aromatic rings. The molecule has 0 aliphatic heterocycles. The molecule has 0 amide bonds. The lowest BCUT2D eigenvalue weighted by Crippen LogP contribution is -2.14. The van der Waals surface area contributed by atoms with Gasteiger partial charge in [-0.15, -0.1) is 0 Å². The molecule has 0 unspecified atom stereocenters. The Kier molecular flexibility index (Phi) is 2.70. The Morgan fingerprint density at radius 2 is 2.13 bits per heavy atom. The van der Waals surface area contributed by atoms with Gasteiger partial charge in [0.25, 0.3) is 0 Å². The second-order valence-electron chi connectivity index (χ2n) is 4.50. The number of hydrogen-bond donors (Lipinski definition) is 1. The third-order valence-corrected chi connectivity index (χ3v) is 3.48. The smallest absolute Gasteiger partial charge is 0.119 e. The number of benzene rings is 1. The van der Waals surface area contributed by atoms with Crippen molar-refractivity contribution in [1.82, 2.24) is 0 Å². The van der Waals surface area contributed by atoms with Crippen molar-refractivity contribution in [1.29, 1.82) is 0 Å². The van der Waals surface area contributed by atoms with Crippen molar-refractivity contribution in [2.45, 2.75) is 31.6 Å². The number of hydrogen-bond acceptors (Lipinski definition) is 2. The second-order valence-corrected chi connectivity index (χ2v) is 4.50. The van der Waals surface area contributed by atoms with Gasteiger partial charge in [-0.05, 0) is 61.4 Å². The zero-order valence-corrected chi connectivity index (χ0v) is 9.55. The van der Waals surface area contributed by atoms with Gasteiger partial charge >= 0.3 is 0 Å². The molecule has 0 bridgehead atoms. The van der Waals surface area contributed by atoms with Crippen molar-refractivity contribution in [3.8, 4) is 5.75 Å². The highest BCUT2D eigenvalue weighted by Gasteiger charge is 2.43. The molecule has 0 radical (unpaired) electrons. The highest BCUT2D eigenvalue weighted by molar-refractivity contribution is 5.42. The summed E-state index contributed by atoms with van der Waals surface area (Å²) in [5.74, 6) is 0.944. The quantitative estimate of drug-likeness (QED) is 0.819. The minimum atomic E-state index is 0.394. The van der Waals surface area contributed by atoms with Crippen LogP contribution in [0.15, 0.2) is 18.2 Å². The molecule has 2 heteroatoms. The van der Waals surface area contributed by atoms with Crippen molar-refractivity contribution in [2.75, 3.05) is 13.7 Å². The number of rotatable bonds is 4. The minimum absolute atomic E-state index is 0.394. The molecule has 2 nitrogen and oxygen atoms in total. The van der Waals surface area contributed by atoms with E-state index in [4.69, 9.17) is 10.5 Å². The molecule has 1 fully saturated rings. The van der Waals surface area contributed by atoms with Crippen LogP contribution in [0.25, 0.3) is 0 Å². The molecule has 0 heterocycles. The zero-order valence-electron chi connectivity index (χ0n) is 9.55. The van der Waals surface area contributed by atoms with E-state index in [0.29, 0.717) is 5.41 Å². The second kappa shape index (κ2) is 3.86. The summed E-state index contributed by atoms with van der Waals surface area (Å²) in [5, 5.41) is 0. The Hall–Kier alpha value is -1.02. The highest BCUT2D eigenvalue weighted by atomic mass is 16.5. The van der Waals surface area contributed by atoms with E-state index >= 15 is 0 Å². The van der Waals surface area contributed by atoms with Crippen LogP contribution in [0.5, 0.6) is 5.75 Å². The summed E-state index contributed by atoms with van der Waals surface area (Å²) in [7, 11) is 1.71. The van der Waals surface area contributed by atoms with Crippen LogP contribution < -0.4 is 10.5 Å². The standard InChI is InChI=1S/C13H19NO/c1-10-9-11(15-2)3-4-12(10)13(5-6-13)7-8-14/h3-4,9H,5-8,14H2,1-2H3. The SMILES string of the molecule is COc1ccc(C2(CCN)CC2)c(C)c1. The van der Waals surface area contributed by atoms with E-state index in [1.54, 1.807) is 7.11 Å². The first-order valence-corrected chi connectivity index (χ1v) is 5.57. The Morgan fingerprint density at radius 1 is 1.40 bits per heavy atom. The topological polar surface area (TPSA) is 35.2 Å². The van der Waals surface area contributed by atoms with Crippen molar-refractivity contribution in [2.24, 2.45) is 5.73 Å². The Bertz CT molecular complexity index is 356. The molecular formula is C13H19NO. The lowest BCUT2D eigenvalue weighted by molar-refractivity contribution is 0.414. The maximum Gasteiger partial charge on any atom is 0.119 e. The molecule has 0 atom stereocenters. The molecule has 1 aromatic carbocycles. The third kappa shape index (κ3) is 1.86. The highest BCUT2D eigenvalue weighted by Crippen LogP contribution is 2.52. The Labute approximate surface area is 91.4 Å². The average molecular weight is 205 g/mol. The summed E-state index contributed by atoms with van der Waals surface area (Å²) in [5.41, 5.74) is 8.87. The first-order chi connectivity index (χ1) is 7.22. The van der Waals surface area contributed by atoms with E-state index < -0.39 is 0 Å². The van der Waals surface area contributed by atoms with Crippen LogP contribution >= 0.6 is 0 Å². The lowest BCUT2D eigenvalue weighted by atomic mass is 9.89. The summed E-state index contributed by atoms with van der Waals surface area (Å²) in [4.78, 5) is 0. The fourth-order valence-electron chi connectivity index (χ4n) is 2.44. The van der Waals surface area contributed by atoms with Crippen molar-refractivity contribution in [3.05, 3.63) is 29.3 Å². The number of methoxy groups -OCH3 is 1. The van der Waals surface area contributed by atoms with E-state index in [9.17, 15) is 0 Å². The van der Waals surface area contributed by atoms with Crippen LogP contribution in [0.2, 0.25) is 0 Å². The largest absolute Gasteiger partial charge is 0.497 e. The maximum atomic E-state index is 5.67. The fraction of sp³-hybridized carbons (Fsp3) is 0.538. The predicted octanol–water partition coefficient (Wildman–Crippen LogP) is 2.38. The van der Waals surface area contributed by atoms with Crippen LogP contribution in [0.1, 0.15) is 30.4 Å². The van der Waals surface area contributed by atoms with Gasteiger partial charge in [0.1, 0.15) is 5.75 Å². The summed E-state index contributed by atoms with van der Waals surface area (Å²) in [6.07, 6.45) is 3.69.